The van der Waals surface area contributed by atoms with E-state index in [4.69, 9.17) is 9.47 Å². The zero-order chi connectivity index (χ0) is 16.8. The Labute approximate surface area is 134 Å². The van der Waals surface area contributed by atoms with Crippen LogP contribution in [0.5, 0.6) is 0 Å². The molecule has 0 spiro atoms. The van der Waals surface area contributed by atoms with Crippen molar-refractivity contribution in [2.24, 2.45) is 0 Å². The summed E-state index contributed by atoms with van der Waals surface area (Å²) >= 11 is 0. The second-order valence-electron chi connectivity index (χ2n) is 5.07. The summed E-state index contributed by atoms with van der Waals surface area (Å²) in [6.45, 7) is 6.11. The molecule has 0 aliphatic rings. The molecule has 6 nitrogen and oxygen atoms in total. The number of H-pyrrole nitrogens is 1. The number of benzene rings is 1. The summed E-state index contributed by atoms with van der Waals surface area (Å²) in [4.78, 5) is 11.9. The third-order valence-corrected chi connectivity index (χ3v) is 3.44. The number of nitrogens with zero attached hydrogens (tertiary/aromatic N) is 2. The van der Waals surface area contributed by atoms with E-state index in [0.29, 0.717) is 16.8 Å². The van der Waals surface area contributed by atoms with Crippen molar-refractivity contribution in [1.29, 1.82) is 0 Å². The molecule has 124 valence electrons. The van der Waals surface area contributed by atoms with Gasteiger partial charge in [-0.3, -0.25) is 0 Å². The first kappa shape index (κ1) is 17.1. The predicted octanol–water partition coefficient (Wildman–Crippen LogP) is 3.10. The third-order valence-electron chi connectivity index (χ3n) is 3.44. The highest BCUT2D eigenvalue weighted by Gasteiger charge is 2.21. The highest BCUT2D eigenvalue weighted by molar-refractivity contribution is 5.94. The van der Waals surface area contributed by atoms with Gasteiger partial charge in [0.05, 0.1) is 19.3 Å². The molecule has 23 heavy (non-hydrogen) atoms. The first-order valence-electron chi connectivity index (χ1n) is 7.55. The van der Waals surface area contributed by atoms with Crippen LogP contribution in [0, 0.1) is 5.82 Å². The van der Waals surface area contributed by atoms with Crippen LogP contribution in [0.15, 0.2) is 18.2 Å². The van der Waals surface area contributed by atoms with E-state index >= 15 is 0 Å². The van der Waals surface area contributed by atoms with Gasteiger partial charge in [-0.15, -0.1) is 5.10 Å². The lowest BCUT2D eigenvalue weighted by Gasteiger charge is -2.13. The molecule has 2 rings (SSSR count). The number of aromatic nitrogens is 3. The molecule has 0 bridgehead atoms. The Hall–Kier alpha value is -2.28. The smallest absolute Gasteiger partial charge is 0.361 e. The third kappa shape index (κ3) is 4.13. The molecule has 0 fully saturated rings. The van der Waals surface area contributed by atoms with Crippen LogP contribution in [0.1, 0.15) is 43.2 Å². The van der Waals surface area contributed by atoms with E-state index in [1.54, 1.807) is 13.0 Å². The van der Waals surface area contributed by atoms with Crippen LogP contribution in [0.25, 0.3) is 11.3 Å². The van der Waals surface area contributed by atoms with Crippen molar-refractivity contribution in [2.45, 2.75) is 39.9 Å². The SMILES string of the molecule is CCOC(=O)c1n[nH]nc1-c1ccc(F)cc1COC(C)CC. The highest BCUT2D eigenvalue weighted by Crippen LogP contribution is 2.26. The average molecular weight is 321 g/mol. The molecule has 0 aliphatic heterocycles. The summed E-state index contributed by atoms with van der Waals surface area (Å²) in [6, 6.07) is 4.25. The molecule has 2 aromatic rings. The molecule has 1 aromatic heterocycles. The Morgan fingerprint density at radius 2 is 2.13 bits per heavy atom. The van der Waals surface area contributed by atoms with E-state index in [-0.39, 0.29) is 30.8 Å². The van der Waals surface area contributed by atoms with Gasteiger partial charge in [0.25, 0.3) is 0 Å². The Balaban J connectivity index is 2.36. The summed E-state index contributed by atoms with van der Waals surface area (Å²) in [5, 5.41) is 10.3. The molecule has 7 heteroatoms. The second kappa shape index (κ2) is 7.82. The number of hydrogen-bond donors (Lipinski definition) is 1. The summed E-state index contributed by atoms with van der Waals surface area (Å²) in [6.07, 6.45) is 0.899. The minimum atomic E-state index is -0.575. The van der Waals surface area contributed by atoms with Gasteiger partial charge in [-0.25, -0.2) is 9.18 Å². The first-order valence-corrected chi connectivity index (χ1v) is 7.55. The van der Waals surface area contributed by atoms with Crippen LogP contribution in [-0.2, 0) is 16.1 Å². The van der Waals surface area contributed by atoms with E-state index in [9.17, 15) is 9.18 Å². The number of rotatable bonds is 7. The summed E-state index contributed by atoms with van der Waals surface area (Å²) in [7, 11) is 0. The molecule has 0 saturated heterocycles. The van der Waals surface area contributed by atoms with Crippen molar-refractivity contribution in [1.82, 2.24) is 15.4 Å². The molecular weight excluding hydrogens is 301 g/mol. The largest absolute Gasteiger partial charge is 0.461 e. The van der Waals surface area contributed by atoms with Crippen LogP contribution in [0.3, 0.4) is 0 Å². The summed E-state index contributed by atoms with van der Waals surface area (Å²) < 4.78 is 24.2. The van der Waals surface area contributed by atoms with Crippen LogP contribution >= 0.6 is 0 Å². The van der Waals surface area contributed by atoms with E-state index in [0.717, 1.165) is 6.42 Å². The molecule has 1 aromatic carbocycles. The van der Waals surface area contributed by atoms with Crippen LogP contribution in [0.2, 0.25) is 0 Å². The number of carbonyl (C=O) groups is 1. The number of nitrogens with one attached hydrogen (secondary N) is 1. The van der Waals surface area contributed by atoms with Gasteiger partial charge in [0.1, 0.15) is 11.5 Å². The molecule has 1 atom stereocenters. The fraction of sp³-hybridized carbons (Fsp3) is 0.438. The maximum absolute atomic E-state index is 13.6. The fourth-order valence-electron chi connectivity index (χ4n) is 2.02. The van der Waals surface area contributed by atoms with Gasteiger partial charge in [-0.1, -0.05) is 6.92 Å². The van der Waals surface area contributed by atoms with Gasteiger partial charge < -0.3 is 9.47 Å². The maximum Gasteiger partial charge on any atom is 0.361 e. The molecule has 0 aliphatic carbocycles. The topological polar surface area (TPSA) is 77.1 Å². The maximum atomic E-state index is 13.6. The Morgan fingerprint density at radius 1 is 1.35 bits per heavy atom. The Bertz CT molecular complexity index is 672. The van der Waals surface area contributed by atoms with Gasteiger partial charge in [-0.05, 0) is 44.0 Å². The molecule has 0 radical (unpaired) electrons. The normalized spacial score (nSPS) is 12.2. The van der Waals surface area contributed by atoms with E-state index in [1.165, 1.54) is 12.1 Å². The average Bonchev–Trinajstić information content (AvgIpc) is 3.02. The monoisotopic (exact) mass is 321 g/mol. The van der Waals surface area contributed by atoms with E-state index in [2.05, 4.69) is 15.4 Å². The number of aromatic amines is 1. The molecule has 0 amide bonds. The minimum absolute atomic E-state index is 0.0490. The molecular formula is C16H20FN3O3. The summed E-state index contributed by atoms with van der Waals surface area (Å²) in [5.74, 6) is -0.952. The summed E-state index contributed by atoms with van der Waals surface area (Å²) in [5.41, 5.74) is 1.59. The lowest BCUT2D eigenvalue weighted by molar-refractivity contribution is 0.0505. The van der Waals surface area contributed by atoms with Crippen LogP contribution in [0.4, 0.5) is 4.39 Å². The number of esters is 1. The fourth-order valence-corrected chi connectivity index (χ4v) is 2.02. The Kier molecular flexibility index (Phi) is 5.81. The molecule has 0 saturated carbocycles. The van der Waals surface area contributed by atoms with Crippen LogP contribution < -0.4 is 0 Å². The van der Waals surface area contributed by atoms with Crippen molar-refractivity contribution >= 4 is 5.97 Å². The van der Waals surface area contributed by atoms with Gasteiger partial charge in [-0.2, -0.15) is 10.3 Å². The van der Waals surface area contributed by atoms with Crippen molar-refractivity contribution in [2.75, 3.05) is 6.61 Å². The number of carbonyl (C=O) groups excluding carboxylic acids is 1. The van der Waals surface area contributed by atoms with Crippen molar-refractivity contribution in [3.8, 4) is 11.3 Å². The lowest BCUT2D eigenvalue weighted by Crippen LogP contribution is -2.09. The molecule has 1 heterocycles. The molecule has 1 unspecified atom stereocenters. The molecule has 1 N–H and O–H groups in total. The zero-order valence-electron chi connectivity index (χ0n) is 13.4. The van der Waals surface area contributed by atoms with Crippen molar-refractivity contribution < 1.29 is 18.7 Å². The van der Waals surface area contributed by atoms with Crippen LogP contribution in [-0.4, -0.2) is 34.1 Å². The highest BCUT2D eigenvalue weighted by atomic mass is 19.1. The van der Waals surface area contributed by atoms with Gasteiger partial charge in [0.15, 0.2) is 5.69 Å². The number of ether oxygens (including phenoxy) is 2. The Morgan fingerprint density at radius 3 is 2.83 bits per heavy atom. The number of halogens is 1. The van der Waals surface area contributed by atoms with E-state index in [1.807, 2.05) is 13.8 Å². The van der Waals surface area contributed by atoms with Crippen molar-refractivity contribution in [3.63, 3.8) is 0 Å². The van der Waals surface area contributed by atoms with Gasteiger partial charge in [0.2, 0.25) is 0 Å². The lowest BCUT2D eigenvalue weighted by atomic mass is 10.0. The van der Waals surface area contributed by atoms with Gasteiger partial charge in [0, 0.05) is 5.56 Å². The first-order chi connectivity index (χ1) is 11.1. The number of hydrogen-bond acceptors (Lipinski definition) is 5. The minimum Gasteiger partial charge on any atom is -0.461 e. The zero-order valence-corrected chi connectivity index (χ0v) is 13.4. The predicted molar refractivity (Wildman–Crippen MR) is 82.3 cm³/mol. The second-order valence-corrected chi connectivity index (χ2v) is 5.07. The van der Waals surface area contributed by atoms with Crippen molar-refractivity contribution in [3.05, 3.63) is 35.3 Å². The quantitative estimate of drug-likeness (QED) is 0.793. The van der Waals surface area contributed by atoms with Gasteiger partial charge >= 0.3 is 5.97 Å². The van der Waals surface area contributed by atoms with E-state index < -0.39 is 5.97 Å². The standard InChI is InChI=1S/C16H20FN3O3/c1-4-10(3)23-9-11-8-12(17)6-7-13(11)14-15(19-20-18-14)16(21)22-5-2/h6-8,10H,4-5,9H2,1-3H3,(H,18,19,20).